The number of hydrogen-bond donors (Lipinski definition) is 1. The fraction of sp³-hybridized carbons (Fsp3) is 0.846. The highest BCUT2D eigenvalue weighted by Gasteiger charge is 2.26. The van der Waals surface area contributed by atoms with Crippen LogP contribution in [0.2, 0.25) is 0 Å². The van der Waals surface area contributed by atoms with Gasteiger partial charge in [0, 0.05) is 25.9 Å². The van der Waals surface area contributed by atoms with Crippen molar-refractivity contribution in [1.29, 1.82) is 0 Å². The van der Waals surface area contributed by atoms with Crippen molar-refractivity contribution < 1.29 is 9.59 Å². The summed E-state index contributed by atoms with van der Waals surface area (Å²) in [6.07, 6.45) is 4.79. The SMILES string of the molecule is CC1(C)CCCCN(C(=O)CCCC(N)=O)C1. The molecular weight excluding hydrogens is 216 g/mol. The number of rotatable bonds is 4. The van der Waals surface area contributed by atoms with Gasteiger partial charge in [-0.2, -0.15) is 0 Å². The minimum absolute atomic E-state index is 0.168. The van der Waals surface area contributed by atoms with E-state index >= 15 is 0 Å². The summed E-state index contributed by atoms with van der Waals surface area (Å²) in [4.78, 5) is 24.6. The average molecular weight is 240 g/mol. The highest BCUT2D eigenvalue weighted by Crippen LogP contribution is 2.28. The molecule has 0 radical (unpaired) electrons. The fourth-order valence-electron chi connectivity index (χ4n) is 2.37. The van der Waals surface area contributed by atoms with E-state index < -0.39 is 0 Å². The number of carbonyl (C=O) groups is 2. The molecule has 0 bridgehead atoms. The van der Waals surface area contributed by atoms with Gasteiger partial charge in [-0.05, 0) is 24.7 Å². The van der Waals surface area contributed by atoms with E-state index in [-0.39, 0.29) is 17.2 Å². The summed E-state index contributed by atoms with van der Waals surface area (Å²) in [7, 11) is 0. The highest BCUT2D eigenvalue weighted by atomic mass is 16.2. The van der Waals surface area contributed by atoms with Crippen molar-refractivity contribution in [2.75, 3.05) is 13.1 Å². The minimum atomic E-state index is -0.325. The van der Waals surface area contributed by atoms with Crippen LogP contribution < -0.4 is 5.73 Å². The minimum Gasteiger partial charge on any atom is -0.370 e. The topological polar surface area (TPSA) is 63.4 Å². The second-order valence-electron chi connectivity index (χ2n) is 5.76. The van der Waals surface area contributed by atoms with Crippen molar-refractivity contribution in [2.45, 2.75) is 52.4 Å². The number of nitrogens with zero attached hydrogens (tertiary/aromatic N) is 1. The molecule has 1 fully saturated rings. The lowest BCUT2D eigenvalue weighted by molar-refractivity contribution is -0.132. The molecule has 1 heterocycles. The molecule has 0 aliphatic carbocycles. The highest BCUT2D eigenvalue weighted by molar-refractivity contribution is 5.78. The number of amides is 2. The lowest BCUT2D eigenvalue weighted by Gasteiger charge is -2.29. The summed E-state index contributed by atoms with van der Waals surface area (Å²) in [5.41, 5.74) is 5.28. The van der Waals surface area contributed by atoms with Crippen molar-refractivity contribution in [1.82, 2.24) is 4.90 Å². The molecule has 0 aromatic rings. The van der Waals surface area contributed by atoms with Crippen LogP contribution in [0.15, 0.2) is 0 Å². The van der Waals surface area contributed by atoms with Crippen LogP contribution >= 0.6 is 0 Å². The van der Waals surface area contributed by atoms with Gasteiger partial charge in [-0.15, -0.1) is 0 Å². The fourth-order valence-corrected chi connectivity index (χ4v) is 2.37. The summed E-state index contributed by atoms with van der Waals surface area (Å²) >= 11 is 0. The zero-order valence-corrected chi connectivity index (χ0v) is 11.0. The first-order chi connectivity index (χ1) is 7.91. The molecule has 0 aromatic carbocycles. The third-order valence-electron chi connectivity index (χ3n) is 3.32. The second kappa shape index (κ2) is 6.03. The van der Waals surface area contributed by atoms with Crippen LogP contribution in [0.1, 0.15) is 52.4 Å². The van der Waals surface area contributed by atoms with Gasteiger partial charge >= 0.3 is 0 Å². The predicted molar refractivity (Wildman–Crippen MR) is 67.3 cm³/mol. The summed E-state index contributed by atoms with van der Waals surface area (Å²) in [6, 6.07) is 0. The maximum absolute atomic E-state index is 12.0. The molecule has 0 saturated carbocycles. The molecule has 0 atom stereocenters. The Kier molecular flexibility index (Phi) is 4.97. The molecule has 2 amide bonds. The normalized spacial score (nSPS) is 19.8. The van der Waals surface area contributed by atoms with E-state index in [1.165, 1.54) is 12.8 Å². The molecule has 1 aliphatic heterocycles. The van der Waals surface area contributed by atoms with Gasteiger partial charge in [-0.3, -0.25) is 9.59 Å². The lowest BCUT2D eigenvalue weighted by atomic mass is 9.88. The Labute approximate surface area is 104 Å². The number of hydrogen-bond acceptors (Lipinski definition) is 2. The summed E-state index contributed by atoms with van der Waals surface area (Å²) < 4.78 is 0. The first kappa shape index (κ1) is 14.0. The van der Waals surface area contributed by atoms with Gasteiger partial charge in [-0.25, -0.2) is 0 Å². The van der Waals surface area contributed by atoms with Crippen LogP contribution in [0.4, 0.5) is 0 Å². The molecule has 4 nitrogen and oxygen atoms in total. The van der Waals surface area contributed by atoms with Gasteiger partial charge in [0.1, 0.15) is 0 Å². The van der Waals surface area contributed by atoms with E-state index in [1.807, 2.05) is 4.90 Å². The predicted octanol–water partition coefficient (Wildman–Crippen LogP) is 1.68. The van der Waals surface area contributed by atoms with Gasteiger partial charge in [0.25, 0.3) is 0 Å². The largest absolute Gasteiger partial charge is 0.370 e. The summed E-state index contributed by atoms with van der Waals surface area (Å²) in [6.45, 7) is 6.12. The van der Waals surface area contributed by atoms with E-state index in [0.717, 1.165) is 19.5 Å². The van der Waals surface area contributed by atoms with Crippen LogP contribution in [-0.2, 0) is 9.59 Å². The Morgan fingerprint density at radius 3 is 2.59 bits per heavy atom. The molecule has 0 spiro atoms. The molecule has 4 heteroatoms. The smallest absolute Gasteiger partial charge is 0.222 e. The van der Waals surface area contributed by atoms with Gasteiger partial charge in [-0.1, -0.05) is 20.3 Å². The zero-order chi connectivity index (χ0) is 12.9. The Balaban J connectivity index is 2.41. The van der Waals surface area contributed by atoms with Gasteiger partial charge in [0.15, 0.2) is 0 Å². The number of nitrogens with two attached hydrogens (primary N) is 1. The monoisotopic (exact) mass is 240 g/mol. The van der Waals surface area contributed by atoms with Crippen molar-refractivity contribution >= 4 is 11.8 Å². The van der Waals surface area contributed by atoms with E-state index in [9.17, 15) is 9.59 Å². The molecule has 17 heavy (non-hydrogen) atoms. The van der Waals surface area contributed by atoms with Gasteiger partial charge < -0.3 is 10.6 Å². The van der Waals surface area contributed by atoms with Crippen molar-refractivity contribution in [2.24, 2.45) is 11.1 Å². The summed E-state index contributed by atoms with van der Waals surface area (Å²) in [5.74, 6) is -0.157. The van der Waals surface area contributed by atoms with E-state index in [2.05, 4.69) is 13.8 Å². The molecule has 0 aromatic heterocycles. The van der Waals surface area contributed by atoms with Crippen LogP contribution in [0.3, 0.4) is 0 Å². The average Bonchev–Trinajstić information content (AvgIpc) is 2.38. The third kappa shape index (κ3) is 5.20. The number of likely N-dealkylation sites (tertiary alicyclic amines) is 1. The molecule has 1 saturated heterocycles. The molecule has 1 rings (SSSR count). The van der Waals surface area contributed by atoms with E-state index in [1.54, 1.807) is 0 Å². The van der Waals surface area contributed by atoms with Crippen molar-refractivity contribution in [3.05, 3.63) is 0 Å². The zero-order valence-electron chi connectivity index (χ0n) is 11.0. The molecular formula is C13H24N2O2. The maximum Gasteiger partial charge on any atom is 0.222 e. The van der Waals surface area contributed by atoms with Crippen LogP contribution in [0.25, 0.3) is 0 Å². The van der Waals surface area contributed by atoms with Crippen LogP contribution in [0, 0.1) is 5.41 Å². The van der Waals surface area contributed by atoms with Crippen molar-refractivity contribution in [3.8, 4) is 0 Å². The Bertz CT molecular complexity index is 287. The quantitative estimate of drug-likeness (QED) is 0.812. The summed E-state index contributed by atoms with van der Waals surface area (Å²) in [5, 5.41) is 0. The van der Waals surface area contributed by atoms with E-state index in [4.69, 9.17) is 5.73 Å². The number of carbonyl (C=O) groups excluding carboxylic acids is 2. The van der Waals surface area contributed by atoms with Crippen LogP contribution in [-0.4, -0.2) is 29.8 Å². The number of primary amides is 1. The lowest BCUT2D eigenvalue weighted by Crippen LogP contribution is -2.37. The molecule has 1 aliphatic rings. The van der Waals surface area contributed by atoms with Gasteiger partial charge in [0.05, 0.1) is 0 Å². The first-order valence-corrected chi connectivity index (χ1v) is 6.47. The standard InChI is InChI=1S/C13H24N2O2/c1-13(2)8-3-4-9-15(10-13)12(17)7-5-6-11(14)16/h3-10H2,1-2H3,(H2,14,16). The first-order valence-electron chi connectivity index (χ1n) is 6.47. The molecule has 98 valence electrons. The Hall–Kier alpha value is -1.06. The van der Waals surface area contributed by atoms with E-state index in [0.29, 0.717) is 19.3 Å². The Morgan fingerprint density at radius 2 is 1.94 bits per heavy atom. The van der Waals surface area contributed by atoms with Crippen molar-refractivity contribution in [3.63, 3.8) is 0 Å². The molecule has 2 N–H and O–H groups in total. The Morgan fingerprint density at radius 1 is 1.24 bits per heavy atom. The van der Waals surface area contributed by atoms with Crippen LogP contribution in [0.5, 0.6) is 0 Å². The maximum atomic E-state index is 12.0. The third-order valence-corrected chi connectivity index (χ3v) is 3.32. The van der Waals surface area contributed by atoms with Gasteiger partial charge in [0.2, 0.25) is 11.8 Å². The molecule has 0 unspecified atom stereocenters. The second-order valence-corrected chi connectivity index (χ2v) is 5.76.